The Morgan fingerprint density at radius 1 is 1.26 bits per heavy atom. The van der Waals surface area contributed by atoms with Gasteiger partial charge in [-0.15, -0.1) is 0 Å². The van der Waals surface area contributed by atoms with Gasteiger partial charge in [0, 0.05) is 24.5 Å². The quantitative estimate of drug-likeness (QED) is 0.727. The third-order valence-electron chi connectivity index (χ3n) is 4.34. The molecule has 1 N–H and O–H groups in total. The summed E-state index contributed by atoms with van der Waals surface area (Å²) in [6, 6.07) is 13.2. The Balaban J connectivity index is 2.06. The zero-order chi connectivity index (χ0) is 19.4. The number of benzene rings is 2. The number of fused-ring (bicyclic) bond motifs is 2. The van der Waals surface area contributed by atoms with Gasteiger partial charge in [0.2, 0.25) is 0 Å². The molecule has 1 aliphatic rings. The predicted octanol–water partition coefficient (Wildman–Crippen LogP) is 5.35. The molecule has 0 amide bonds. The lowest BCUT2D eigenvalue weighted by Gasteiger charge is -2.28. The normalized spacial score (nSPS) is 13.5. The van der Waals surface area contributed by atoms with E-state index in [1.54, 1.807) is 12.1 Å². The van der Waals surface area contributed by atoms with Gasteiger partial charge >= 0.3 is 5.97 Å². The maximum atomic E-state index is 11.1. The highest BCUT2D eigenvalue weighted by molar-refractivity contribution is 6.31. The van der Waals surface area contributed by atoms with E-state index in [-0.39, 0.29) is 12.3 Å². The minimum atomic E-state index is -0.789. The van der Waals surface area contributed by atoms with E-state index in [0.29, 0.717) is 23.0 Å². The van der Waals surface area contributed by atoms with E-state index >= 15 is 0 Å². The standard InChI is InChI=1S/C21H23ClN2O3/c1-3-10-24(13-14(2)11-20(25)26)21-16-6-4-5-7-18(16)27-19-9-8-15(22)12-17(19)23-21/h4-9,12,14H,3,10-11,13H2,1-2H3,(H,25,26)/t14-/m0/s1. The first-order valence-electron chi connectivity index (χ1n) is 9.10. The van der Waals surface area contributed by atoms with Crippen molar-refractivity contribution in [2.75, 3.05) is 13.1 Å². The maximum absolute atomic E-state index is 11.1. The Morgan fingerprint density at radius 2 is 2.04 bits per heavy atom. The molecule has 0 radical (unpaired) electrons. The fourth-order valence-electron chi connectivity index (χ4n) is 3.23. The molecule has 1 heterocycles. The molecule has 1 atom stereocenters. The Morgan fingerprint density at radius 3 is 2.78 bits per heavy atom. The van der Waals surface area contributed by atoms with Crippen LogP contribution in [0.1, 0.15) is 32.3 Å². The maximum Gasteiger partial charge on any atom is 0.303 e. The van der Waals surface area contributed by atoms with Crippen molar-refractivity contribution in [1.29, 1.82) is 0 Å². The monoisotopic (exact) mass is 386 g/mol. The summed E-state index contributed by atoms with van der Waals surface area (Å²) in [5.74, 6) is 1.36. The van der Waals surface area contributed by atoms with Crippen LogP contribution in [-0.4, -0.2) is 34.9 Å². The second-order valence-electron chi connectivity index (χ2n) is 6.79. The van der Waals surface area contributed by atoms with Gasteiger partial charge in [0.05, 0.1) is 5.56 Å². The Labute approximate surface area is 164 Å². The molecule has 0 aromatic heterocycles. The van der Waals surface area contributed by atoms with Gasteiger partial charge in [-0.25, -0.2) is 4.99 Å². The fourth-order valence-corrected chi connectivity index (χ4v) is 3.40. The largest absolute Gasteiger partial charge is 0.481 e. The summed E-state index contributed by atoms with van der Waals surface area (Å²) in [6.45, 7) is 5.41. The van der Waals surface area contributed by atoms with E-state index in [9.17, 15) is 4.79 Å². The van der Waals surface area contributed by atoms with E-state index in [2.05, 4.69) is 11.8 Å². The Kier molecular flexibility index (Phi) is 6.01. The lowest BCUT2D eigenvalue weighted by Crippen LogP contribution is -2.36. The summed E-state index contributed by atoms with van der Waals surface area (Å²) >= 11 is 6.17. The van der Waals surface area contributed by atoms with Gasteiger partial charge in [0.25, 0.3) is 0 Å². The van der Waals surface area contributed by atoms with E-state index in [4.69, 9.17) is 26.4 Å². The second-order valence-corrected chi connectivity index (χ2v) is 7.23. The minimum Gasteiger partial charge on any atom is -0.481 e. The van der Waals surface area contributed by atoms with Crippen molar-refractivity contribution in [3.8, 4) is 11.5 Å². The number of hydrogen-bond donors (Lipinski definition) is 1. The molecule has 0 spiro atoms. The molecular weight excluding hydrogens is 364 g/mol. The Hall–Kier alpha value is -2.53. The van der Waals surface area contributed by atoms with Crippen molar-refractivity contribution >= 4 is 29.1 Å². The highest BCUT2D eigenvalue weighted by atomic mass is 35.5. The zero-order valence-electron chi connectivity index (χ0n) is 15.5. The van der Waals surface area contributed by atoms with Crippen LogP contribution in [0, 0.1) is 5.92 Å². The number of aliphatic imine (C=N–C) groups is 1. The van der Waals surface area contributed by atoms with Crippen molar-refractivity contribution in [3.63, 3.8) is 0 Å². The fraction of sp³-hybridized carbons (Fsp3) is 0.333. The van der Waals surface area contributed by atoms with Crippen LogP contribution in [0.2, 0.25) is 5.02 Å². The van der Waals surface area contributed by atoms with E-state index in [1.165, 1.54) is 0 Å². The van der Waals surface area contributed by atoms with Crippen LogP contribution in [0.5, 0.6) is 11.5 Å². The van der Waals surface area contributed by atoms with Gasteiger partial charge in [0.1, 0.15) is 17.3 Å². The lowest BCUT2D eigenvalue weighted by molar-refractivity contribution is -0.138. The first-order chi connectivity index (χ1) is 13.0. The third-order valence-corrected chi connectivity index (χ3v) is 4.58. The summed E-state index contributed by atoms with van der Waals surface area (Å²) in [4.78, 5) is 18.1. The first-order valence-corrected chi connectivity index (χ1v) is 9.48. The topological polar surface area (TPSA) is 62.1 Å². The molecule has 0 saturated carbocycles. The average Bonchev–Trinajstić information content (AvgIpc) is 2.77. The molecule has 2 aromatic rings. The number of amidine groups is 1. The van der Waals surface area contributed by atoms with Crippen LogP contribution >= 0.6 is 11.6 Å². The lowest BCUT2D eigenvalue weighted by atomic mass is 10.1. The van der Waals surface area contributed by atoms with Crippen LogP contribution in [0.4, 0.5) is 5.69 Å². The summed E-state index contributed by atoms with van der Waals surface area (Å²) in [5, 5.41) is 9.71. The third kappa shape index (κ3) is 4.61. The molecule has 6 heteroatoms. The summed E-state index contributed by atoms with van der Waals surface area (Å²) in [6.07, 6.45) is 1.04. The number of nitrogens with zero attached hydrogens (tertiary/aromatic N) is 2. The van der Waals surface area contributed by atoms with Crippen molar-refractivity contribution in [2.24, 2.45) is 10.9 Å². The predicted molar refractivity (Wildman–Crippen MR) is 107 cm³/mol. The molecule has 27 heavy (non-hydrogen) atoms. The van der Waals surface area contributed by atoms with E-state index in [1.807, 2.05) is 37.3 Å². The molecule has 0 bridgehead atoms. The van der Waals surface area contributed by atoms with Crippen LogP contribution < -0.4 is 4.74 Å². The van der Waals surface area contributed by atoms with Gasteiger partial charge in [-0.05, 0) is 42.7 Å². The highest BCUT2D eigenvalue weighted by Crippen LogP contribution is 2.39. The van der Waals surface area contributed by atoms with Crippen molar-refractivity contribution < 1.29 is 14.6 Å². The molecule has 3 rings (SSSR count). The van der Waals surface area contributed by atoms with Gasteiger partial charge < -0.3 is 14.7 Å². The van der Waals surface area contributed by atoms with Gasteiger partial charge in [0.15, 0.2) is 5.75 Å². The number of aliphatic carboxylic acids is 1. The van der Waals surface area contributed by atoms with Gasteiger partial charge in [-0.2, -0.15) is 0 Å². The highest BCUT2D eigenvalue weighted by Gasteiger charge is 2.24. The van der Waals surface area contributed by atoms with Gasteiger partial charge in [-0.3, -0.25) is 4.79 Å². The van der Waals surface area contributed by atoms with Crippen molar-refractivity contribution in [1.82, 2.24) is 4.90 Å². The van der Waals surface area contributed by atoms with Crippen LogP contribution in [0.25, 0.3) is 0 Å². The summed E-state index contributed by atoms with van der Waals surface area (Å²) < 4.78 is 6.09. The summed E-state index contributed by atoms with van der Waals surface area (Å²) in [7, 11) is 0. The second kappa shape index (κ2) is 8.44. The first kappa shape index (κ1) is 19.2. The minimum absolute atomic E-state index is 0.00749. The molecule has 0 unspecified atom stereocenters. The number of carboxylic acids is 1. The molecule has 0 fully saturated rings. The Bertz CT molecular complexity index is 866. The van der Waals surface area contributed by atoms with Crippen LogP contribution in [0.3, 0.4) is 0 Å². The molecule has 1 aliphatic heterocycles. The van der Waals surface area contributed by atoms with E-state index < -0.39 is 5.97 Å². The molecule has 2 aromatic carbocycles. The number of carboxylic acid groups (broad SMARTS) is 1. The van der Waals surface area contributed by atoms with E-state index in [0.717, 1.165) is 30.1 Å². The summed E-state index contributed by atoms with van der Waals surface area (Å²) in [5.41, 5.74) is 1.56. The van der Waals surface area contributed by atoms with Crippen LogP contribution in [-0.2, 0) is 4.79 Å². The average molecular weight is 387 g/mol. The van der Waals surface area contributed by atoms with Crippen LogP contribution in [0.15, 0.2) is 47.5 Å². The van der Waals surface area contributed by atoms with Gasteiger partial charge in [-0.1, -0.05) is 37.6 Å². The van der Waals surface area contributed by atoms with Crippen molar-refractivity contribution in [2.45, 2.75) is 26.7 Å². The zero-order valence-corrected chi connectivity index (χ0v) is 16.2. The molecular formula is C21H23ClN2O3. The number of ether oxygens (including phenoxy) is 1. The number of hydrogen-bond acceptors (Lipinski definition) is 4. The SMILES string of the molecule is CCCN(C[C@@H](C)CC(=O)O)C1=Nc2cc(Cl)ccc2Oc2ccccc21. The number of halogens is 1. The number of para-hydroxylation sites is 1. The smallest absolute Gasteiger partial charge is 0.303 e. The molecule has 0 saturated heterocycles. The van der Waals surface area contributed by atoms with Crippen molar-refractivity contribution in [3.05, 3.63) is 53.1 Å². The number of rotatable bonds is 6. The molecule has 142 valence electrons. The molecule has 5 nitrogen and oxygen atoms in total. The molecule has 0 aliphatic carbocycles. The number of carbonyl (C=O) groups is 1.